The van der Waals surface area contributed by atoms with Crippen LogP contribution in [0.5, 0.6) is 0 Å². The summed E-state index contributed by atoms with van der Waals surface area (Å²) in [4.78, 5) is 62.5. The molecule has 48 heavy (non-hydrogen) atoms. The summed E-state index contributed by atoms with van der Waals surface area (Å²) in [5.74, 6) is -4.45. The van der Waals surface area contributed by atoms with Gasteiger partial charge in [0.25, 0.3) is 5.91 Å². The summed E-state index contributed by atoms with van der Waals surface area (Å²) < 4.78 is 0.882. The molecular formula is C34H41BrClN3O9. The molecule has 0 aliphatic carbocycles. The molecule has 2 fully saturated rings. The van der Waals surface area contributed by atoms with Crippen molar-refractivity contribution in [3.63, 3.8) is 0 Å². The van der Waals surface area contributed by atoms with Crippen molar-refractivity contribution in [3.05, 3.63) is 68.7 Å². The minimum absolute atomic E-state index is 0.0144. The molecule has 3 aliphatic heterocycles. The number of piperidine rings is 2. The third kappa shape index (κ3) is 8.93. The van der Waals surface area contributed by atoms with Crippen LogP contribution in [0, 0.1) is 0 Å². The first kappa shape index (κ1) is 37.3. The standard InChI is InChI=1S/C28H33BrClN3O2.C6H8O7/c1-31-27(22-6-2-3-7-23(22)28(31)35)21(19-9-10-24(29)25(30)18-19)13-17-32-15-11-20(12-16-32)33-14-5-4-8-26(33)34;7-3(8)1-6(13,5(11)12)2-4(9)10/h2-3,6-7,9-10,18,20-21,27H,4-5,8,11-17H2,1H3;13H,1-2H2,(H,7,8)(H,9,10)(H,11,12). The second kappa shape index (κ2) is 16.3. The number of amides is 2. The maximum Gasteiger partial charge on any atom is 0.336 e. The Morgan fingerprint density at radius 3 is 2.21 bits per heavy atom. The van der Waals surface area contributed by atoms with Gasteiger partial charge >= 0.3 is 17.9 Å². The maximum atomic E-state index is 13.0. The zero-order chi connectivity index (χ0) is 35.2. The molecular weight excluding hydrogens is 710 g/mol. The van der Waals surface area contributed by atoms with E-state index in [0.717, 1.165) is 79.4 Å². The highest BCUT2D eigenvalue weighted by atomic mass is 79.9. The van der Waals surface area contributed by atoms with Crippen molar-refractivity contribution in [1.82, 2.24) is 14.7 Å². The van der Waals surface area contributed by atoms with Crippen LogP contribution in [0.2, 0.25) is 5.02 Å². The zero-order valence-corrected chi connectivity index (χ0v) is 29.0. The van der Waals surface area contributed by atoms with Gasteiger partial charge < -0.3 is 35.1 Å². The fourth-order valence-electron chi connectivity index (χ4n) is 6.91. The summed E-state index contributed by atoms with van der Waals surface area (Å²) in [6.45, 7) is 3.91. The molecule has 2 aromatic carbocycles. The minimum Gasteiger partial charge on any atom is -0.481 e. The number of aliphatic carboxylic acids is 3. The van der Waals surface area contributed by atoms with E-state index in [9.17, 15) is 24.0 Å². The van der Waals surface area contributed by atoms with Crippen LogP contribution >= 0.6 is 27.5 Å². The molecule has 2 amide bonds. The van der Waals surface area contributed by atoms with E-state index in [4.69, 9.17) is 32.0 Å². The van der Waals surface area contributed by atoms with Crippen molar-refractivity contribution in [2.24, 2.45) is 0 Å². The van der Waals surface area contributed by atoms with Gasteiger partial charge in [0.2, 0.25) is 5.91 Å². The molecule has 3 heterocycles. The Morgan fingerprint density at radius 1 is 0.979 bits per heavy atom. The Kier molecular flexibility index (Phi) is 12.6. The van der Waals surface area contributed by atoms with Gasteiger partial charge in [-0.15, -0.1) is 0 Å². The lowest BCUT2D eigenvalue weighted by Crippen LogP contribution is -2.49. The van der Waals surface area contributed by atoms with E-state index in [-0.39, 0.29) is 17.9 Å². The molecule has 12 nitrogen and oxygen atoms in total. The third-order valence-corrected chi connectivity index (χ3v) is 10.6. The summed E-state index contributed by atoms with van der Waals surface area (Å²) >= 11 is 10.0. The van der Waals surface area contributed by atoms with Gasteiger partial charge in [-0.25, -0.2) is 4.79 Å². The molecule has 2 saturated heterocycles. The van der Waals surface area contributed by atoms with Crippen LogP contribution < -0.4 is 0 Å². The van der Waals surface area contributed by atoms with E-state index >= 15 is 0 Å². The zero-order valence-electron chi connectivity index (χ0n) is 26.7. The molecule has 0 saturated carbocycles. The molecule has 0 bridgehead atoms. The fourth-order valence-corrected chi connectivity index (χ4v) is 7.35. The van der Waals surface area contributed by atoms with Crippen LogP contribution in [0.3, 0.4) is 0 Å². The number of likely N-dealkylation sites (tertiary alicyclic amines) is 2. The smallest absolute Gasteiger partial charge is 0.336 e. The number of rotatable bonds is 11. The van der Waals surface area contributed by atoms with Crippen LogP contribution in [0.15, 0.2) is 46.9 Å². The summed E-state index contributed by atoms with van der Waals surface area (Å²) in [5, 5.41) is 34.5. The molecule has 3 aliphatic rings. The fraction of sp³-hybridized carbons (Fsp3) is 0.500. The molecule has 0 radical (unpaired) electrons. The predicted molar refractivity (Wildman–Crippen MR) is 180 cm³/mol. The van der Waals surface area contributed by atoms with E-state index in [0.29, 0.717) is 23.4 Å². The number of carboxylic acids is 3. The molecule has 2 atom stereocenters. The quantitative estimate of drug-likeness (QED) is 0.253. The normalized spacial score (nSPS) is 19.4. The highest BCUT2D eigenvalue weighted by molar-refractivity contribution is 9.10. The summed E-state index contributed by atoms with van der Waals surface area (Å²) in [6, 6.07) is 14.6. The number of benzene rings is 2. The summed E-state index contributed by atoms with van der Waals surface area (Å²) in [6.07, 6.45) is 3.63. The number of hydrogen-bond donors (Lipinski definition) is 4. The van der Waals surface area contributed by atoms with Crippen molar-refractivity contribution in [2.75, 3.05) is 33.2 Å². The molecule has 0 spiro atoms. The first-order valence-electron chi connectivity index (χ1n) is 15.9. The summed E-state index contributed by atoms with van der Waals surface area (Å²) in [7, 11) is 1.92. The summed E-state index contributed by atoms with van der Waals surface area (Å²) in [5.41, 5.74) is 0.331. The van der Waals surface area contributed by atoms with Crippen LogP contribution in [0.1, 0.15) is 84.8 Å². The van der Waals surface area contributed by atoms with Gasteiger partial charge in [-0.05, 0) is 83.9 Å². The number of carbonyl (C=O) groups excluding carboxylic acids is 2. The monoisotopic (exact) mass is 749 g/mol. The Balaban J connectivity index is 0.000000341. The van der Waals surface area contributed by atoms with E-state index in [2.05, 4.69) is 37.9 Å². The number of carboxylic acid groups (broad SMARTS) is 3. The maximum absolute atomic E-state index is 13.0. The molecule has 4 N–H and O–H groups in total. The van der Waals surface area contributed by atoms with Crippen molar-refractivity contribution in [3.8, 4) is 0 Å². The first-order valence-corrected chi connectivity index (χ1v) is 17.1. The van der Waals surface area contributed by atoms with Gasteiger partial charge in [-0.1, -0.05) is 35.9 Å². The van der Waals surface area contributed by atoms with Crippen molar-refractivity contribution in [1.29, 1.82) is 0 Å². The number of carbonyl (C=O) groups is 5. The van der Waals surface area contributed by atoms with Crippen molar-refractivity contribution >= 4 is 57.3 Å². The Hall–Kier alpha value is -3.52. The van der Waals surface area contributed by atoms with Crippen LogP contribution in [-0.4, -0.2) is 110 Å². The van der Waals surface area contributed by atoms with Crippen LogP contribution in [-0.2, 0) is 19.2 Å². The Bertz CT molecular complexity index is 1510. The second-order valence-electron chi connectivity index (χ2n) is 12.6. The van der Waals surface area contributed by atoms with E-state index < -0.39 is 36.4 Å². The van der Waals surface area contributed by atoms with E-state index in [1.807, 2.05) is 42.3 Å². The number of nitrogens with zero attached hydrogens (tertiary/aromatic N) is 3. The van der Waals surface area contributed by atoms with Gasteiger partial charge in [-0.2, -0.15) is 0 Å². The first-order chi connectivity index (χ1) is 22.7. The van der Waals surface area contributed by atoms with Crippen LogP contribution in [0.4, 0.5) is 0 Å². The number of hydrogen-bond acceptors (Lipinski definition) is 7. The van der Waals surface area contributed by atoms with E-state index in [1.165, 1.54) is 0 Å². The average molecular weight is 751 g/mol. The predicted octanol–water partition coefficient (Wildman–Crippen LogP) is 4.63. The van der Waals surface area contributed by atoms with Gasteiger partial charge in [0.05, 0.1) is 23.9 Å². The van der Waals surface area contributed by atoms with Gasteiger partial charge in [0.15, 0.2) is 5.60 Å². The molecule has 0 aromatic heterocycles. The SMILES string of the molecule is CN1C(=O)c2ccccc2C1C(CCN1CCC(N2CCCCC2=O)CC1)c1ccc(Br)c(Cl)c1.O=C(O)CC(O)(CC(=O)O)C(=O)O. The largest absolute Gasteiger partial charge is 0.481 e. The second-order valence-corrected chi connectivity index (χ2v) is 13.9. The van der Waals surface area contributed by atoms with Crippen molar-refractivity contribution in [2.45, 2.75) is 75.0 Å². The molecule has 2 aromatic rings. The Labute approximate surface area is 292 Å². The topological polar surface area (TPSA) is 176 Å². The minimum atomic E-state index is -2.74. The van der Waals surface area contributed by atoms with Crippen LogP contribution in [0.25, 0.3) is 0 Å². The van der Waals surface area contributed by atoms with Gasteiger partial charge in [0.1, 0.15) is 0 Å². The molecule has 2 unspecified atom stereocenters. The highest BCUT2D eigenvalue weighted by Gasteiger charge is 2.41. The Morgan fingerprint density at radius 2 is 1.62 bits per heavy atom. The number of fused-ring (bicyclic) bond motifs is 1. The molecule has 260 valence electrons. The average Bonchev–Trinajstić information content (AvgIpc) is 3.28. The lowest BCUT2D eigenvalue weighted by Gasteiger charge is -2.41. The lowest BCUT2D eigenvalue weighted by molar-refractivity contribution is -0.170. The molecule has 5 rings (SSSR count). The number of aliphatic hydroxyl groups is 1. The van der Waals surface area contributed by atoms with Gasteiger partial charge in [0, 0.05) is 55.1 Å². The highest BCUT2D eigenvalue weighted by Crippen LogP contribution is 2.45. The number of likely N-dealkylation sites (N-methyl/N-ethyl adjacent to an activating group) is 1. The van der Waals surface area contributed by atoms with Crippen molar-refractivity contribution < 1.29 is 44.4 Å². The third-order valence-electron chi connectivity index (χ3n) is 9.40. The lowest BCUT2D eigenvalue weighted by atomic mass is 9.84. The van der Waals surface area contributed by atoms with E-state index in [1.54, 1.807) is 0 Å². The number of halogens is 2. The molecule has 14 heteroatoms. The van der Waals surface area contributed by atoms with Gasteiger partial charge in [-0.3, -0.25) is 19.2 Å².